The molecule has 1 heterocycles. The van der Waals surface area contributed by atoms with E-state index in [1.165, 1.54) is 11.3 Å². The molecule has 0 radical (unpaired) electrons. The molecule has 130 valence electrons. The number of carbonyl (C=O) groups is 1. The lowest BCUT2D eigenvalue weighted by molar-refractivity contribution is -0.113. The molecule has 1 aromatic heterocycles. The summed E-state index contributed by atoms with van der Waals surface area (Å²) in [6, 6.07) is 17.4. The first-order valence-electron chi connectivity index (χ1n) is 8.44. The minimum absolute atomic E-state index is 0.0775. The predicted octanol–water partition coefficient (Wildman–Crippen LogP) is 3.39. The van der Waals surface area contributed by atoms with Crippen molar-refractivity contribution in [3.63, 3.8) is 0 Å². The smallest absolute Gasteiger partial charge is 0.273 e. The van der Waals surface area contributed by atoms with E-state index in [9.17, 15) is 9.59 Å². The Morgan fingerprint density at radius 1 is 0.962 bits per heavy atom. The Bertz CT molecular complexity index is 1140. The van der Waals surface area contributed by atoms with Crippen molar-refractivity contribution in [1.29, 1.82) is 0 Å². The van der Waals surface area contributed by atoms with Gasteiger partial charge in [-0.05, 0) is 48.7 Å². The van der Waals surface area contributed by atoms with Crippen LogP contribution < -0.4 is 14.8 Å². The average Bonchev–Trinajstić information content (AvgIpc) is 3.21. The third-order valence-corrected chi connectivity index (χ3v) is 6.09. The van der Waals surface area contributed by atoms with Gasteiger partial charge in [0.1, 0.15) is 4.66 Å². The van der Waals surface area contributed by atoms with Gasteiger partial charge < -0.3 is 0 Å². The molecule has 0 spiro atoms. The van der Waals surface area contributed by atoms with E-state index in [1.54, 1.807) is 4.57 Å². The van der Waals surface area contributed by atoms with Crippen LogP contribution in [0.3, 0.4) is 0 Å². The molecule has 0 amide bonds. The lowest BCUT2D eigenvalue weighted by atomic mass is 10.2. The second kappa shape index (κ2) is 7.17. The summed E-state index contributed by atoms with van der Waals surface area (Å²) < 4.78 is 4.09. The monoisotopic (exact) mass is 425 g/mol. The third-order valence-electron chi connectivity index (χ3n) is 4.43. The topological polar surface area (TPSA) is 39.1 Å². The molecular formula is C21H16BrNO2S. The number of halogens is 1. The van der Waals surface area contributed by atoms with Crippen LogP contribution >= 0.6 is 27.3 Å². The fourth-order valence-corrected chi connectivity index (χ4v) is 4.61. The zero-order valence-electron chi connectivity index (χ0n) is 13.9. The molecule has 3 nitrogen and oxygen atoms in total. The van der Waals surface area contributed by atoms with E-state index in [2.05, 4.69) is 15.9 Å². The maximum atomic E-state index is 13.1. The fourth-order valence-electron chi connectivity index (χ4n) is 3.15. The number of carbonyl (C=O) groups excluding carboxylic acids is 1. The van der Waals surface area contributed by atoms with E-state index >= 15 is 0 Å². The molecular weight excluding hydrogens is 410 g/mol. The van der Waals surface area contributed by atoms with Crippen LogP contribution in [0.1, 0.15) is 24.8 Å². The Kier molecular flexibility index (Phi) is 4.74. The minimum atomic E-state index is -0.0775. The number of ketones is 1. The molecule has 0 aliphatic heterocycles. The van der Waals surface area contributed by atoms with E-state index in [0.29, 0.717) is 11.0 Å². The Balaban J connectivity index is 2.02. The van der Waals surface area contributed by atoms with Crippen molar-refractivity contribution in [3.8, 4) is 5.69 Å². The summed E-state index contributed by atoms with van der Waals surface area (Å²) in [6.07, 6.45) is 4.06. The Morgan fingerprint density at radius 3 is 2.35 bits per heavy atom. The number of aromatic nitrogens is 1. The van der Waals surface area contributed by atoms with Gasteiger partial charge in [0.2, 0.25) is 0 Å². The van der Waals surface area contributed by atoms with Crippen LogP contribution in [0.15, 0.2) is 63.9 Å². The first-order valence-corrected chi connectivity index (χ1v) is 10.1. The van der Waals surface area contributed by atoms with Crippen LogP contribution in [0.2, 0.25) is 0 Å². The minimum Gasteiger partial charge on any atom is -0.294 e. The van der Waals surface area contributed by atoms with Crippen LogP contribution in [0.4, 0.5) is 0 Å². The summed E-state index contributed by atoms with van der Waals surface area (Å²) in [7, 11) is 0. The van der Waals surface area contributed by atoms with Gasteiger partial charge in [0.25, 0.3) is 5.56 Å². The number of hydrogen-bond acceptors (Lipinski definition) is 3. The molecule has 1 saturated carbocycles. The number of hydrogen-bond donors (Lipinski definition) is 0. The molecule has 26 heavy (non-hydrogen) atoms. The molecule has 3 aromatic rings. The van der Waals surface area contributed by atoms with E-state index in [0.717, 1.165) is 38.8 Å². The molecule has 1 aliphatic carbocycles. The Morgan fingerprint density at radius 2 is 1.69 bits per heavy atom. The molecule has 1 fully saturated rings. The van der Waals surface area contributed by atoms with Gasteiger partial charge in [-0.1, -0.05) is 46.3 Å². The van der Waals surface area contributed by atoms with E-state index in [-0.39, 0.29) is 11.3 Å². The van der Waals surface area contributed by atoms with E-state index in [1.807, 2.05) is 60.7 Å². The van der Waals surface area contributed by atoms with Crippen LogP contribution in [0, 0.1) is 0 Å². The van der Waals surface area contributed by atoms with Crippen molar-refractivity contribution >= 4 is 44.7 Å². The first-order chi connectivity index (χ1) is 12.6. The lowest BCUT2D eigenvalue weighted by Gasteiger charge is -2.03. The van der Waals surface area contributed by atoms with Gasteiger partial charge in [-0.3, -0.25) is 14.2 Å². The van der Waals surface area contributed by atoms with Gasteiger partial charge in [-0.25, -0.2) is 0 Å². The summed E-state index contributed by atoms with van der Waals surface area (Å²) in [6.45, 7) is 0. The van der Waals surface area contributed by atoms with Gasteiger partial charge in [-0.2, -0.15) is 0 Å². The largest absolute Gasteiger partial charge is 0.294 e. The van der Waals surface area contributed by atoms with Crippen molar-refractivity contribution in [1.82, 2.24) is 4.57 Å². The lowest BCUT2D eigenvalue weighted by Crippen LogP contribution is -2.31. The summed E-state index contributed by atoms with van der Waals surface area (Å²) in [4.78, 5) is 25.4. The quantitative estimate of drug-likeness (QED) is 0.630. The fraction of sp³-hybridized carbons (Fsp3) is 0.143. The van der Waals surface area contributed by atoms with Crippen molar-refractivity contribution in [2.45, 2.75) is 19.3 Å². The normalized spacial score (nSPS) is 17.1. The number of nitrogens with zero attached hydrogens (tertiary/aromatic N) is 1. The summed E-state index contributed by atoms with van der Waals surface area (Å²) >= 11 is 4.83. The highest BCUT2D eigenvalue weighted by Crippen LogP contribution is 2.20. The van der Waals surface area contributed by atoms with Crippen molar-refractivity contribution in [2.75, 3.05) is 0 Å². The molecule has 1 aliphatic rings. The highest BCUT2D eigenvalue weighted by Gasteiger charge is 2.21. The summed E-state index contributed by atoms with van der Waals surface area (Å²) in [5.41, 5.74) is 2.46. The maximum Gasteiger partial charge on any atom is 0.273 e. The van der Waals surface area contributed by atoms with E-state index in [4.69, 9.17) is 0 Å². The van der Waals surface area contributed by atoms with Gasteiger partial charge in [0, 0.05) is 16.5 Å². The molecule has 0 unspecified atom stereocenters. The van der Waals surface area contributed by atoms with Crippen molar-refractivity contribution < 1.29 is 4.79 Å². The van der Waals surface area contributed by atoms with Crippen LogP contribution in [0.5, 0.6) is 0 Å². The van der Waals surface area contributed by atoms with Gasteiger partial charge >= 0.3 is 0 Å². The third kappa shape index (κ3) is 3.24. The average molecular weight is 426 g/mol. The van der Waals surface area contributed by atoms with Gasteiger partial charge in [0.15, 0.2) is 5.78 Å². The van der Waals surface area contributed by atoms with Crippen LogP contribution in [-0.4, -0.2) is 10.4 Å². The van der Waals surface area contributed by atoms with Gasteiger partial charge in [-0.15, -0.1) is 11.3 Å². The first kappa shape index (κ1) is 17.2. The summed E-state index contributed by atoms with van der Waals surface area (Å²) in [5.74, 6) is 0.158. The molecule has 4 rings (SSSR count). The Hall–Kier alpha value is -2.24. The predicted molar refractivity (Wildman–Crippen MR) is 109 cm³/mol. The van der Waals surface area contributed by atoms with Crippen LogP contribution in [0.25, 0.3) is 17.3 Å². The number of thiazole rings is 1. The number of para-hydroxylation sites is 1. The molecule has 0 atom stereocenters. The zero-order chi connectivity index (χ0) is 18.1. The second-order valence-electron chi connectivity index (χ2n) is 6.20. The number of Topliss-reactive ketones (excluding diaryl/α,β-unsaturated/α-hetero) is 1. The maximum absolute atomic E-state index is 13.1. The standard InChI is InChI=1S/C21H16BrNO2S/c22-15-11-9-14(10-12-15)13-19-20(25)23(16-5-2-1-3-6-16)21(26-19)17-7-4-8-18(17)24/h1-3,5-6,9-13H,4,7-8H2/b19-13-,21-17-. The number of rotatable bonds is 2. The SMILES string of the molecule is O=C1CCC/C1=c1/s/c(=C\c2ccc(Br)cc2)c(=O)n1-c1ccccc1. The highest BCUT2D eigenvalue weighted by atomic mass is 79.9. The van der Waals surface area contributed by atoms with Crippen molar-refractivity contribution in [3.05, 3.63) is 84.2 Å². The molecule has 5 heteroatoms. The van der Waals surface area contributed by atoms with E-state index < -0.39 is 0 Å². The number of benzene rings is 2. The van der Waals surface area contributed by atoms with Crippen molar-refractivity contribution in [2.24, 2.45) is 0 Å². The van der Waals surface area contributed by atoms with Gasteiger partial charge in [0.05, 0.1) is 10.2 Å². The zero-order valence-corrected chi connectivity index (χ0v) is 16.3. The Labute approximate surface area is 163 Å². The summed E-state index contributed by atoms with van der Waals surface area (Å²) in [5, 5.41) is 0. The molecule has 0 saturated heterocycles. The molecule has 0 N–H and O–H groups in total. The molecule has 2 aromatic carbocycles. The second-order valence-corrected chi connectivity index (χ2v) is 8.15. The highest BCUT2D eigenvalue weighted by molar-refractivity contribution is 9.10. The van der Waals surface area contributed by atoms with Crippen LogP contribution in [-0.2, 0) is 4.79 Å². The molecule has 0 bridgehead atoms.